The van der Waals surface area contributed by atoms with Gasteiger partial charge in [-0.2, -0.15) is 5.26 Å². The molecule has 1 saturated heterocycles. The van der Waals surface area contributed by atoms with E-state index in [4.69, 9.17) is 5.26 Å². The number of pyridine rings is 2. The topological polar surface area (TPSA) is 97.7 Å². The molecule has 0 spiro atoms. The standard InChI is InChI=1S/C17H16N6O/c18-4-7-21-17(24)12-3-8-23(10-12)16-14-11(1-5-20-16)9-22-15-13(14)2-6-19-15/h1-2,5-6,9,12H,3,7-8,10H2,(H,19,22)(H,21,24). The minimum absolute atomic E-state index is 0.0531. The molecule has 4 rings (SSSR count). The molecule has 7 nitrogen and oxygen atoms in total. The number of anilines is 1. The second-order valence-corrected chi connectivity index (χ2v) is 5.90. The number of rotatable bonds is 3. The summed E-state index contributed by atoms with van der Waals surface area (Å²) in [4.78, 5) is 26.4. The van der Waals surface area contributed by atoms with Crippen molar-refractivity contribution in [3.8, 4) is 6.07 Å². The van der Waals surface area contributed by atoms with Crippen LogP contribution in [0.25, 0.3) is 21.8 Å². The van der Waals surface area contributed by atoms with Crippen LogP contribution in [0, 0.1) is 17.2 Å². The fraction of sp³-hybridized carbons (Fsp3) is 0.294. The van der Waals surface area contributed by atoms with E-state index in [0.29, 0.717) is 6.54 Å². The second kappa shape index (κ2) is 5.81. The number of amides is 1. The zero-order valence-corrected chi connectivity index (χ0v) is 13.0. The van der Waals surface area contributed by atoms with Crippen molar-refractivity contribution in [3.05, 3.63) is 30.7 Å². The molecule has 1 amide bonds. The number of carbonyl (C=O) groups excluding carboxylic acids is 1. The molecule has 120 valence electrons. The van der Waals surface area contributed by atoms with Gasteiger partial charge in [0.2, 0.25) is 5.91 Å². The quantitative estimate of drug-likeness (QED) is 0.714. The molecule has 1 unspecified atom stereocenters. The van der Waals surface area contributed by atoms with E-state index in [1.54, 1.807) is 6.20 Å². The van der Waals surface area contributed by atoms with Gasteiger partial charge in [-0.05, 0) is 18.6 Å². The van der Waals surface area contributed by atoms with E-state index < -0.39 is 0 Å². The van der Waals surface area contributed by atoms with E-state index in [1.165, 1.54) is 0 Å². The van der Waals surface area contributed by atoms with Gasteiger partial charge in [0.25, 0.3) is 0 Å². The lowest BCUT2D eigenvalue weighted by atomic mass is 10.1. The van der Waals surface area contributed by atoms with Gasteiger partial charge in [-0.15, -0.1) is 0 Å². The molecule has 1 aliphatic heterocycles. The molecule has 2 N–H and O–H groups in total. The normalized spacial score (nSPS) is 17.3. The third kappa shape index (κ3) is 2.33. The molecule has 7 heteroatoms. The Labute approximate surface area is 138 Å². The average molecular weight is 320 g/mol. The van der Waals surface area contributed by atoms with Crippen molar-refractivity contribution in [2.45, 2.75) is 6.42 Å². The van der Waals surface area contributed by atoms with Gasteiger partial charge in [0.05, 0.1) is 12.0 Å². The number of hydrogen-bond donors (Lipinski definition) is 2. The van der Waals surface area contributed by atoms with Crippen molar-refractivity contribution in [1.82, 2.24) is 20.3 Å². The van der Waals surface area contributed by atoms with E-state index in [9.17, 15) is 4.79 Å². The van der Waals surface area contributed by atoms with Crippen LogP contribution in [-0.2, 0) is 4.79 Å². The Hall–Kier alpha value is -3.14. The summed E-state index contributed by atoms with van der Waals surface area (Å²) in [5.74, 6) is 0.710. The molecular formula is C17H16N6O. The van der Waals surface area contributed by atoms with Crippen molar-refractivity contribution in [1.29, 1.82) is 5.26 Å². The highest BCUT2D eigenvalue weighted by atomic mass is 16.1. The molecule has 0 aromatic carbocycles. The lowest BCUT2D eigenvalue weighted by Gasteiger charge is -2.19. The van der Waals surface area contributed by atoms with Crippen molar-refractivity contribution in [2.75, 3.05) is 24.5 Å². The first kappa shape index (κ1) is 14.5. The summed E-state index contributed by atoms with van der Waals surface area (Å²) in [6.45, 7) is 1.43. The number of aromatic nitrogens is 3. The number of aromatic amines is 1. The van der Waals surface area contributed by atoms with Gasteiger partial charge >= 0.3 is 0 Å². The van der Waals surface area contributed by atoms with E-state index >= 15 is 0 Å². The minimum atomic E-state index is -0.112. The van der Waals surface area contributed by atoms with Gasteiger partial charge in [-0.1, -0.05) is 0 Å². The largest absolute Gasteiger partial charge is 0.355 e. The van der Waals surface area contributed by atoms with Gasteiger partial charge in [0.15, 0.2) is 0 Å². The molecule has 4 heterocycles. The smallest absolute Gasteiger partial charge is 0.225 e. The number of H-pyrrole nitrogens is 1. The molecule has 1 fully saturated rings. The number of carbonyl (C=O) groups is 1. The lowest BCUT2D eigenvalue weighted by Crippen LogP contribution is -2.33. The highest BCUT2D eigenvalue weighted by Crippen LogP contribution is 2.33. The Morgan fingerprint density at radius 2 is 2.38 bits per heavy atom. The highest BCUT2D eigenvalue weighted by molar-refractivity contribution is 6.10. The highest BCUT2D eigenvalue weighted by Gasteiger charge is 2.30. The Morgan fingerprint density at radius 1 is 1.46 bits per heavy atom. The van der Waals surface area contributed by atoms with Crippen LogP contribution in [0.1, 0.15) is 6.42 Å². The van der Waals surface area contributed by atoms with Gasteiger partial charge in [-0.3, -0.25) is 4.79 Å². The molecule has 0 saturated carbocycles. The first-order chi connectivity index (χ1) is 11.8. The maximum absolute atomic E-state index is 12.1. The molecule has 0 aliphatic carbocycles. The minimum Gasteiger partial charge on any atom is -0.355 e. The molecule has 1 aliphatic rings. The first-order valence-corrected chi connectivity index (χ1v) is 7.88. The summed E-state index contributed by atoms with van der Waals surface area (Å²) in [7, 11) is 0. The lowest BCUT2D eigenvalue weighted by molar-refractivity contribution is -0.124. The fourth-order valence-electron chi connectivity index (χ4n) is 3.33. The summed E-state index contributed by atoms with van der Waals surface area (Å²) >= 11 is 0. The van der Waals surface area contributed by atoms with Crippen LogP contribution >= 0.6 is 0 Å². The monoisotopic (exact) mass is 320 g/mol. The Balaban J connectivity index is 1.69. The molecule has 24 heavy (non-hydrogen) atoms. The average Bonchev–Trinajstić information content (AvgIpc) is 3.28. The van der Waals surface area contributed by atoms with Crippen LogP contribution in [0.15, 0.2) is 30.7 Å². The van der Waals surface area contributed by atoms with Gasteiger partial charge < -0.3 is 15.2 Å². The van der Waals surface area contributed by atoms with Crippen molar-refractivity contribution >= 4 is 33.5 Å². The van der Waals surface area contributed by atoms with Gasteiger partial charge in [0.1, 0.15) is 18.0 Å². The van der Waals surface area contributed by atoms with Crippen LogP contribution in [-0.4, -0.2) is 40.5 Å². The van der Waals surface area contributed by atoms with Crippen molar-refractivity contribution < 1.29 is 4.79 Å². The van der Waals surface area contributed by atoms with Crippen molar-refractivity contribution in [3.63, 3.8) is 0 Å². The number of hydrogen-bond acceptors (Lipinski definition) is 5. The van der Waals surface area contributed by atoms with Gasteiger partial charge in [0, 0.05) is 47.8 Å². The molecular weight excluding hydrogens is 304 g/mol. The Morgan fingerprint density at radius 3 is 3.25 bits per heavy atom. The SMILES string of the molecule is N#CCNC(=O)C1CCN(c2nccc3cnc4[nH]ccc4c23)C1. The number of fused-ring (bicyclic) bond motifs is 3. The Kier molecular flexibility index (Phi) is 3.50. The zero-order chi connectivity index (χ0) is 16.5. The number of nitrogens with one attached hydrogen (secondary N) is 2. The first-order valence-electron chi connectivity index (χ1n) is 7.88. The summed E-state index contributed by atoms with van der Waals surface area (Å²) in [5.41, 5.74) is 0.833. The summed E-state index contributed by atoms with van der Waals surface area (Å²) < 4.78 is 0. The third-order valence-corrected chi connectivity index (χ3v) is 4.49. The summed E-state index contributed by atoms with van der Waals surface area (Å²) in [6.07, 6.45) is 6.25. The van der Waals surface area contributed by atoms with Crippen LogP contribution in [0.2, 0.25) is 0 Å². The fourth-order valence-corrected chi connectivity index (χ4v) is 3.33. The number of nitrogens with zero attached hydrogens (tertiary/aromatic N) is 4. The van der Waals surface area contributed by atoms with Crippen LogP contribution < -0.4 is 10.2 Å². The molecule has 3 aromatic rings. The van der Waals surface area contributed by atoms with Crippen LogP contribution in [0.5, 0.6) is 0 Å². The van der Waals surface area contributed by atoms with Crippen LogP contribution in [0.3, 0.4) is 0 Å². The second-order valence-electron chi connectivity index (χ2n) is 5.90. The van der Waals surface area contributed by atoms with E-state index in [2.05, 4.69) is 25.2 Å². The molecule has 0 radical (unpaired) electrons. The van der Waals surface area contributed by atoms with E-state index in [0.717, 1.165) is 40.6 Å². The Bertz CT molecular complexity index is 957. The number of nitriles is 1. The van der Waals surface area contributed by atoms with E-state index in [-0.39, 0.29) is 18.4 Å². The predicted octanol–water partition coefficient (Wildman–Crippen LogP) is 1.58. The summed E-state index contributed by atoms with van der Waals surface area (Å²) in [6, 6.07) is 5.89. The maximum Gasteiger partial charge on any atom is 0.225 e. The maximum atomic E-state index is 12.1. The van der Waals surface area contributed by atoms with Crippen LogP contribution in [0.4, 0.5) is 5.82 Å². The molecule has 3 aromatic heterocycles. The van der Waals surface area contributed by atoms with E-state index in [1.807, 2.05) is 30.6 Å². The van der Waals surface area contributed by atoms with Crippen molar-refractivity contribution in [2.24, 2.45) is 5.92 Å². The third-order valence-electron chi connectivity index (χ3n) is 4.49. The zero-order valence-electron chi connectivity index (χ0n) is 13.0. The predicted molar refractivity (Wildman–Crippen MR) is 90.3 cm³/mol. The van der Waals surface area contributed by atoms with Gasteiger partial charge in [-0.25, -0.2) is 9.97 Å². The molecule has 0 bridgehead atoms. The molecule has 1 atom stereocenters. The summed E-state index contributed by atoms with van der Waals surface area (Å²) in [5, 5.41) is 14.4.